The van der Waals surface area contributed by atoms with Crippen LogP contribution in [0.4, 0.5) is 5.69 Å². The molecule has 144 valence electrons. The summed E-state index contributed by atoms with van der Waals surface area (Å²) in [6.45, 7) is 11.4. The molecule has 0 atom stereocenters. The molecule has 0 aromatic heterocycles. The lowest BCUT2D eigenvalue weighted by molar-refractivity contribution is 0.0649. The number of halogens is 2. The highest BCUT2D eigenvalue weighted by Gasteiger charge is 2.09. The zero-order valence-corrected chi connectivity index (χ0v) is 17.7. The molecule has 2 aromatic carbocycles. The molecule has 1 N–H and O–H groups in total. The van der Waals surface area contributed by atoms with Gasteiger partial charge in [-0.05, 0) is 56.2 Å². The molecule has 2 aromatic rings. The standard InChI is InChI=1S/C21H25Cl2N3O/c1-6-26(5)13-24-21-11-14(2)17(10-15(21)3)16(4)25-27-12-18-19(22)8-7-9-20(18)23/h7-11,13,25H,4,6,12H2,1-3,5H3. The van der Waals surface area contributed by atoms with Crippen molar-refractivity contribution in [2.45, 2.75) is 27.4 Å². The third-order valence-electron chi connectivity index (χ3n) is 4.23. The number of nitrogens with zero attached hydrogens (tertiary/aromatic N) is 2. The predicted molar refractivity (Wildman–Crippen MR) is 116 cm³/mol. The Morgan fingerprint density at radius 2 is 1.89 bits per heavy atom. The van der Waals surface area contributed by atoms with Crippen molar-refractivity contribution in [3.8, 4) is 0 Å². The molecule has 0 saturated carbocycles. The molecule has 27 heavy (non-hydrogen) atoms. The van der Waals surface area contributed by atoms with E-state index in [1.165, 1.54) is 0 Å². The molecular weight excluding hydrogens is 381 g/mol. The van der Waals surface area contributed by atoms with Gasteiger partial charge in [0, 0.05) is 34.8 Å². The summed E-state index contributed by atoms with van der Waals surface area (Å²) in [5.41, 5.74) is 8.33. The van der Waals surface area contributed by atoms with Crippen LogP contribution in [0.2, 0.25) is 10.0 Å². The van der Waals surface area contributed by atoms with Crippen LogP contribution in [0.25, 0.3) is 5.70 Å². The van der Waals surface area contributed by atoms with E-state index < -0.39 is 0 Å². The van der Waals surface area contributed by atoms with Gasteiger partial charge in [0.2, 0.25) is 0 Å². The van der Waals surface area contributed by atoms with Gasteiger partial charge in [0.05, 0.1) is 17.7 Å². The van der Waals surface area contributed by atoms with E-state index >= 15 is 0 Å². The first-order valence-corrected chi connectivity index (χ1v) is 9.44. The van der Waals surface area contributed by atoms with E-state index in [2.05, 4.69) is 30.0 Å². The second kappa shape index (κ2) is 9.79. The third-order valence-corrected chi connectivity index (χ3v) is 4.94. The van der Waals surface area contributed by atoms with Crippen LogP contribution < -0.4 is 5.48 Å². The Balaban J connectivity index is 2.06. The quantitative estimate of drug-likeness (QED) is 0.336. The normalized spacial score (nSPS) is 11.0. The lowest BCUT2D eigenvalue weighted by Crippen LogP contribution is -2.14. The molecule has 0 heterocycles. The van der Waals surface area contributed by atoms with Gasteiger partial charge in [-0.1, -0.05) is 35.8 Å². The Bertz CT molecular complexity index is 829. The summed E-state index contributed by atoms with van der Waals surface area (Å²) in [4.78, 5) is 12.1. The summed E-state index contributed by atoms with van der Waals surface area (Å²) in [5, 5.41) is 1.14. The second-order valence-electron chi connectivity index (χ2n) is 6.34. The van der Waals surface area contributed by atoms with Crippen molar-refractivity contribution in [3.63, 3.8) is 0 Å². The lowest BCUT2D eigenvalue weighted by Gasteiger charge is -2.15. The number of nitrogens with one attached hydrogen (secondary N) is 1. The zero-order chi connectivity index (χ0) is 20.0. The SMILES string of the molecule is C=C(NOCc1c(Cl)cccc1Cl)c1cc(C)c(N=CN(C)CC)cc1C. The molecule has 6 heteroatoms. The molecule has 2 rings (SSSR count). The molecule has 0 fully saturated rings. The number of aliphatic imine (C=N–C) groups is 1. The van der Waals surface area contributed by atoms with E-state index in [4.69, 9.17) is 28.0 Å². The summed E-state index contributed by atoms with van der Waals surface area (Å²) < 4.78 is 0. The second-order valence-corrected chi connectivity index (χ2v) is 7.16. The number of benzene rings is 2. The number of rotatable bonds is 8. The van der Waals surface area contributed by atoms with Crippen LogP contribution in [0.15, 0.2) is 41.9 Å². The van der Waals surface area contributed by atoms with Crippen molar-refractivity contribution in [1.29, 1.82) is 0 Å². The number of hydroxylamine groups is 1. The maximum atomic E-state index is 6.16. The van der Waals surface area contributed by atoms with E-state index in [0.717, 1.165) is 34.5 Å². The molecule has 0 aliphatic heterocycles. The Kier molecular flexibility index (Phi) is 7.72. The fourth-order valence-corrected chi connectivity index (χ4v) is 2.93. The fourth-order valence-electron chi connectivity index (χ4n) is 2.43. The van der Waals surface area contributed by atoms with Gasteiger partial charge in [-0.2, -0.15) is 0 Å². The summed E-state index contributed by atoms with van der Waals surface area (Å²) in [6.07, 6.45) is 1.84. The number of hydrogen-bond acceptors (Lipinski definition) is 3. The van der Waals surface area contributed by atoms with Crippen LogP contribution in [0.3, 0.4) is 0 Å². The minimum absolute atomic E-state index is 0.237. The first-order chi connectivity index (χ1) is 12.8. The first kappa shape index (κ1) is 21.3. The molecule has 0 aliphatic rings. The van der Waals surface area contributed by atoms with Gasteiger partial charge < -0.3 is 4.90 Å². The summed E-state index contributed by atoms with van der Waals surface area (Å²) in [6, 6.07) is 9.46. The molecule has 0 bridgehead atoms. The fraction of sp³-hybridized carbons (Fsp3) is 0.286. The van der Waals surface area contributed by atoms with E-state index in [1.54, 1.807) is 18.2 Å². The molecule has 0 unspecified atom stereocenters. The molecule has 4 nitrogen and oxygen atoms in total. The van der Waals surface area contributed by atoms with Gasteiger partial charge in [-0.15, -0.1) is 0 Å². The minimum Gasteiger partial charge on any atom is -0.366 e. The van der Waals surface area contributed by atoms with Gasteiger partial charge in [-0.3, -0.25) is 10.3 Å². The smallest absolute Gasteiger partial charge is 0.103 e. The van der Waals surface area contributed by atoms with Crippen molar-refractivity contribution >= 4 is 40.9 Å². The van der Waals surface area contributed by atoms with Crippen LogP contribution >= 0.6 is 23.2 Å². The summed E-state index contributed by atoms with van der Waals surface area (Å²) >= 11 is 12.3. The van der Waals surface area contributed by atoms with Crippen molar-refractivity contribution in [3.05, 3.63) is 69.2 Å². The maximum absolute atomic E-state index is 6.16. The predicted octanol–water partition coefficient (Wildman–Crippen LogP) is 5.91. The topological polar surface area (TPSA) is 36.9 Å². The number of hydrogen-bond donors (Lipinski definition) is 1. The van der Waals surface area contributed by atoms with Gasteiger partial charge in [-0.25, -0.2) is 4.99 Å². The molecular formula is C21H25Cl2N3O. The van der Waals surface area contributed by atoms with Gasteiger partial charge in [0.25, 0.3) is 0 Å². The summed E-state index contributed by atoms with van der Waals surface area (Å²) in [7, 11) is 1.99. The molecule has 0 amide bonds. The average molecular weight is 406 g/mol. The van der Waals surface area contributed by atoms with Crippen molar-refractivity contribution < 1.29 is 4.84 Å². The van der Waals surface area contributed by atoms with E-state index in [1.807, 2.05) is 38.2 Å². The van der Waals surface area contributed by atoms with Gasteiger partial charge >= 0.3 is 0 Å². The van der Waals surface area contributed by atoms with Crippen LogP contribution in [0.1, 0.15) is 29.2 Å². The molecule has 0 aliphatic carbocycles. The van der Waals surface area contributed by atoms with Crippen LogP contribution in [0.5, 0.6) is 0 Å². The van der Waals surface area contributed by atoms with Gasteiger partial charge in [0.15, 0.2) is 0 Å². The van der Waals surface area contributed by atoms with Crippen molar-refractivity contribution in [2.75, 3.05) is 13.6 Å². The minimum atomic E-state index is 0.237. The Labute approximate surface area is 171 Å². The van der Waals surface area contributed by atoms with E-state index in [9.17, 15) is 0 Å². The average Bonchev–Trinajstić information content (AvgIpc) is 2.63. The van der Waals surface area contributed by atoms with Crippen LogP contribution in [-0.4, -0.2) is 24.8 Å². The van der Waals surface area contributed by atoms with E-state index in [0.29, 0.717) is 15.7 Å². The first-order valence-electron chi connectivity index (χ1n) is 8.69. The zero-order valence-electron chi connectivity index (χ0n) is 16.1. The highest BCUT2D eigenvalue weighted by Crippen LogP contribution is 2.27. The summed E-state index contributed by atoms with van der Waals surface area (Å²) in [5.74, 6) is 0. The third kappa shape index (κ3) is 5.73. The van der Waals surface area contributed by atoms with Gasteiger partial charge in [0.1, 0.15) is 6.61 Å². The molecule has 0 radical (unpaired) electrons. The maximum Gasteiger partial charge on any atom is 0.103 e. The molecule has 0 saturated heterocycles. The highest BCUT2D eigenvalue weighted by molar-refractivity contribution is 6.35. The Morgan fingerprint density at radius 3 is 2.52 bits per heavy atom. The lowest BCUT2D eigenvalue weighted by atomic mass is 10.0. The van der Waals surface area contributed by atoms with E-state index in [-0.39, 0.29) is 6.61 Å². The van der Waals surface area contributed by atoms with Crippen LogP contribution in [-0.2, 0) is 11.4 Å². The Morgan fingerprint density at radius 1 is 1.22 bits per heavy atom. The van der Waals surface area contributed by atoms with Crippen LogP contribution in [0, 0.1) is 13.8 Å². The van der Waals surface area contributed by atoms with Crippen molar-refractivity contribution in [1.82, 2.24) is 10.4 Å². The highest BCUT2D eigenvalue weighted by atomic mass is 35.5. The molecule has 0 spiro atoms. The monoisotopic (exact) mass is 405 g/mol. The largest absolute Gasteiger partial charge is 0.366 e. The van der Waals surface area contributed by atoms with Crippen molar-refractivity contribution in [2.24, 2.45) is 4.99 Å². The number of aryl methyl sites for hydroxylation is 2. The Hall–Kier alpha value is -2.01.